The SMILES string of the molecule is O=[N+]([O-])c1ccc(Cl)cc1[C@H](c1cccs1)N1CCNCC1. The predicted octanol–water partition coefficient (Wildman–Crippen LogP) is 3.30. The van der Waals surface area contributed by atoms with Crippen LogP contribution < -0.4 is 5.32 Å². The van der Waals surface area contributed by atoms with Crippen molar-refractivity contribution in [2.45, 2.75) is 6.04 Å². The molecule has 1 aliphatic heterocycles. The maximum Gasteiger partial charge on any atom is 0.274 e. The first-order chi connectivity index (χ1) is 10.7. The summed E-state index contributed by atoms with van der Waals surface area (Å²) in [7, 11) is 0. The third kappa shape index (κ3) is 3.15. The summed E-state index contributed by atoms with van der Waals surface area (Å²) in [6.45, 7) is 3.48. The van der Waals surface area contributed by atoms with Crippen LogP contribution in [0.5, 0.6) is 0 Å². The summed E-state index contributed by atoms with van der Waals surface area (Å²) in [4.78, 5) is 14.5. The van der Waals surface area contributed by atoms with E-state index in [-0.39, 0.29) is 16.7 Å². The maximum atomic E-state index is 11.4. The van der Waals surface area contributed by atoms with Crippen molar-refractivity contribution in [1.29, 1.82) is 0 Å². The Balaban J connectivity index is 2.09. The zero-order valence-electron chi connectivity index (χ0n) is 11.9. The first-order valence-electron chi connectivity index (χ1n) is 7.09. The van der Waals surface area contributed by atoms with Crippen LogP contribution in [0.15, 0.2) is 35.7 Å². The lowest BCUT2D eigenvalue weighted by atomic mass is 10.0. The first kappa shape index (κ1) is 15.4. The molecular formula is C15H16ClN3O2S. The Labute approximate surface area is 137 Å². The second-order valence-corrected chi connectivity index (χ2v) is 6.58. The third-order valence-corrected chi connectivity index (χ3v) is 4.97. The zero-order valence-corrected chi connectivity index (χ0v) is 13.4. The van der Waals surface area contributed by atoms with Gasteiger partial charge in [-0.2, -0.15) is 0 Å². The summed E-state index contributed by atoms with van der Waals surface area (Å²) >= 11 is 7.73. The number of piperazine rings is 1. The first-order valence-corrected chi connectivity index (χ1v) is 8.34. The summed E-state index contributed by atoms with van der Waals surface area (Å²) in [5.41, 5.74) is 0.795. The molecule has 0 spiro atoms. The minimum Gasteiger partial charge on any atom is -0.314 e. The normalized spacial score (nSPS) is 17.3. The number of nitro benzene ring substituents is 1. The standard InChI is InChI=1S/C15H16ClN3O2S/c16-11-3-4-13(19(20)21)12(10-11)15(14-2-1-9-22-14)18-7-5-17-6-8-18/h1-4,9-10,15,17H,5-8H2/t15-/m1/s1. The lowest BCUT2D eigenvalue weighted by Crippen LogP contribution is -2.45. The Morgan fingerprint density at radius 3 is 2.73 bits per heavy atom. The van der Waals surface area contributed by atoms with Crippen molar-refractivity contribution < 1.29 is 4.92 Å². The van der Waals surface area contributed by atoms with Crippen LogP contribution in [0.1, 0.15) is 16.5 Å². The van der Waals surface area contributed by atoms with E-state index in [1.807, 2.05) is 17.5 Å². The Hall–Kier alpha value is -1.47. The van der Waals surface area contributed by atoms with Gasteiger partial charge in [0.1, 0.15) is 0 Å². The summed E-state index contributed by atoms with van der Waals surface area (Å²) < 4.78 is 0. The van der Waals surface area contributed by atoms with Gasteiger partial charge in [-0.25, -0.2) is 0 Å². The minimum atomic E-state index is -0.325. The van der Waals surface area contributed by atoms with E-state index in [0.717, 1.165) is 31.1 Å². The fraction of sp³-hybridized carbons (Fsp3) is 0.333. The number of benzene rings is 1. The number of hydrogen-bond acceptors (Lipinski definition) is 5. The van der Waals surface area contributed by atoms with E-state index in [4.69, 9.17) is 11.6 Å². The average molecular weight is 338 g/mol. The van der Waals surface area contributed by atoms with Crippen LogP contribution in [0.25, 0.3) is 0 Å². The number of thiophene rings is 1. The molecule has 116 valence electrons. The molecule has 1 N–H and O–H groups in total. The van der Waals surface area contributed by atoms with Crippen LogP contribution in [0.2, 0.25) is 5.02 Å². The van der Waals surface area contributed by atoms with Crippen molar-refractivity contribution in [3.8, 4) is 0 Å². The fourth-order valence-electron chi connectivity index (χ4n) is 2.83. The molecule has 2 heterocycles. The molecule has 2 aromatic rings. The topological polar surface area (TPSA) is 58.4 Å². The van der Waals surface area contributed by atoms with E-state index in [9.17, 15) is 10.1 Å². The monoisotopic (exact) mass is 337 g/mol. The van der Waals surface area contributed by atoms with Gasteiger partial charge in [-0.05, 0) is 23.6 Å². The number of hydrogen-bond donors (Lipinski definition) is 1. The van der Waals surface area contributed by atoms with Crippen LogP contribution in [0, 0.1) is 10.1 Å². The van der Waals surface area contributed by atoms with Gasteiger partial charge in [0, 0.05) is 42.1 Å². The maximum absolute atomic E-state index is 11.4. The Morgan fingerprint density at radius 1 is 1.32 bits per heavy atom. The molecule has 22 heavy (non-hydrogen) atoms. The van der Waals surface area contributed by atoms with Crippen molar-refractivity contribution >= 4 is 28.6 Å². The molecule has 1 aliphatic rings. The molecule has 3 rings (SSSR count). The number of halogens is 1. The number of rotatable bonds is 4. The van der Waals surface area contributed by atoms with Crippen molar-refractivity contribution in [2.75, 3.05) is 26.2 Å². The van der Waals surface area contributed by atoms with Crippen LogP contribution in [-0.2, 0) is 0 Å². The minimum absolute atomic E-state index is 0.124. The molecule has 0 bridgehead atoms. The van der Waals surface area contributed by atoms with E-state index in [1.54, 1.807) is 23.5 Å². The van der Waals surface area contributed by atoms with Crippen molar-refractivity contribution in [3.63, 3.8) is 0 Å². The Kier molecular flexibility index (Phi) is 4.73. The molecule has 1 aromatic carbocycles. The van der Waals surface area contributed by atoms with Crippen LogP contribution in [0.3, 0.4) is 0 Å². The molecule has 1 atom stereocenters. The van der Waals surface area contributed by atoms with E-state index in [0.29, 0.717) is 10.6 Å². The zero-order chi connectivity index (χ0) is 15.5. The van der Waals surface area contributed by atoms with Gasteiger partial charge in [-0.1, -0.05) is 17.7 Å². The number of nitrogens with zero attached hydrogens (tertiary/aromatic N) is 2. The molecule has 7 heteroatoms. The molecule has 0 aliphatic carbocycles. The summed E-state index contributed by atoms with van der Waals surface area (Å²) in [5.74, 6) is 0. The third-order valence-electron chi connectivity index (χ3n) is 3.81. The quantitative estimate of drug-likeness (QED) is 0.687. The van der Waals surface area contributed by atoms with E-state index >= 15 is 0 Å². The van der Waals surface area contributed by atoms with Crippen molar-refractivity contribution in [2.24, 2.45) is 0 Å². The van der Waals surface area contributed by atoms with E-state index < -0.39 is 0 Å². The van der Waals surface area contributed by atoms with Gasteiger partial charge in [0.15, 0.2) is 0 Å². The number of nitrogens with one attached hydrogen (secondary N) is 1. The van der Waals surface area contributed by atoms with Gasteiger partial charge >= 0.3 is 0 Å². The van der Waals surface area contributed by atoms with Crippen molar-refractivity contribution in [3.05, 3.63) is 61.3 Å². The summed E-state index contributed by atoms with van der Waals surface area (Å²) in [6.07, 6.45) is 0. The lowest BCUT2D eigenvalue weighted by molar-refractivity contribution is -0.385. The van der Waals surface area contributed by atoms with Crippen LogP contribution in [-0.4, -0.2) is 36.0 Å². The van der Waals surface area contributed by atoms with Gasteiger partial charge < -0.3 is 5.32 Å². The molecule has 1 saturated heterocycles. The highest BCUT2D eigenvalue weighted by Gasteiger charge is 2.30. The molecule has 0 amide bonds. The highest BCUT2D eigenvalue weighted by molar-refractivity contribution is 7.10. The Bertz CT molecular complexity index is 657. The summed E-state index contributed by atoms with van der Waals surface area (Å²) in [5, 5.41) is 17.3. The smallest absolute Gasteiger partial charge is 0.274 e. The van der Waals surface area contributed by atoms with Gasteiger partial charge in [-0.3, -0.25) is 15.0 Å². The molecule has 1 fully saturated rings. The highest BCUT2D eigenvalue weighted by atomic mass is 35.5. The fourth-order valence-corrected chi connectivity index (χ4v) is 3.88. The second-order valence-electron chi connectivity index (χ2n) is 5.16. The molecule has 5 nitrogen and oxygen atoms in total. The molecule has 0 radical (unpaired) electrons. The molecular weight excluding hydrogens is 322 g/mol. The van der Waals surface area contributed by atoms with Gasteiger partial charge in [0.05, 0.1) is 16.5 Å². The van der Waals surface area contributed by atoms with Crippen LogP contribution >= 0.6 is 22.9 Å². The van der Waals surface area contributed by atoms with E-state index in [1.165, 1.54) is 6.07 Å². The lowest BCUT2D eigenvalue weighted by Gasteiger charge is -2.34. The molecule has 0 saturated carbocycles. The second kappa shape index (κ2) is 6.75. The van der Waals surface area contributed by atoms with Crippen molar-refractivity contribution in [1.82, 2.24) is 10.2 Å². The number of nitro groups is 1. The van der Waals surface area contributed by atoms with Gasteiger partial charge in [-0.15, -0.1) is 11.3 Å². The van der Waals surface area contributed by atoms with Gasteiger partial charge in [0.2, 0.25) is 0 Å². The molecule has 0 unspecified atom stereocenters. The molecule has 1 aromatic heterocycles. The van der Waals surface area contributed by atoms with Gasteiger partial charge in [0.25, 0.3) is 5.69 Å². The largest absolute Gasteiger partial charge is 0.314 e. The summed E-state index contributed by atoms with van der Waals surface area (Å²) in [6, 6.07) is 8.69. The Morgan fingerprint density at radius 2 is 2.09 bits per heavy atom. The van der Waals surface area contributed by atoms with E-state index in [2.05, 4.69) is 10.2 Å². The highest BCUT2D eigenvalue weighted by Crippen LogP contribution is 2.38. The van der Waals surface area contributed by atoms with Crippen LogP contribution in [0.4, 0.5) is 5.69 Å². The predicted molar refractivity (Wildman–Crippen MR) is 88.7 cm³/mol. The average Bonchev–Trinajstić information content (AvgIpc) is 3.02.